The molecular formula is C13H13BrN2O2S. The van der Waals surface area contributed by atoms with E-state index in [4.69, 9.17) is 17.0 Å². The summed E-state index contributed by atoms with van der Waals surface area (Å²) in [5.41, 5.74) is 2.35. The number of aromatic nitrogens is 2. The lowest BCUT2D eigenvalue weighted by atomic mass is 10.1. The molecule has 19 heavy (non-hydrogen) atoms. The van der Waals surface area contributed by atoms with Crippen molar-refractivity contribution in [3.63, 3.8) is 0 Å². The van der Waals surface area contributed by atoms with E-state index in [1.165, 1.54) is 0 Å². The van der Waals surface area contributed by atoms with Crippen molar-refractivity contribution in [3.8, 4) is 5.75 Å². The molecule has 4 nitrogen and oxygen atoms in total. The lowest BCUT2D eigenvalue weighted by Gasteiger charge is -2.08. The van der Waals surface area contributed by atoms with Crippen LogP contribution in [0.5, 0.6) is 5.75 Å². The van der Waals surface area contributed by atoms with Crippen molar-refractivity contribution in [1.29, 1.82) is 0 Å². The highest BCUT2D eigenvalue weighted by Crippen LogP contribution is 2.26. The highest BCUT2D eigenvalue weighted by atomic mass is 79.9. The molecule has 1 aromatic carbocycles. The number of rotatable bonds is 3. The summed E-state index contributed by atoms with van der Waals surface area (Å²) in [4.78, 5) is 17.5. The van der Waals surface area contributed by atoms with Gasteiger partial charge < -0.3 is 9.72 Å². The second kappa shape index (κ2) is 5.71. The summed E-state index contributed by atoms with van der Waals surface area (Å²) < 4.78 is 6.39. The number of ether oxygens (including phenoxy) is 1. The van der Waals surface area contributed by atoms with E-state index >= 15 is 0 Å². The highest BCUT2D eigenvalue weighted by molar-refractivity contribution is 9.10. The molecule has 0 saturated heterocycles. The van der Waals surface area contributed by atoms with E-state index in [2.05, 4.69) is 25.9 Å². The summed E-state index contributed by atoms with van der Waals surface area (Å²) in [6.07, 6.45) is 0.538. The molecule has 0 atom stereocenters. The van der Waals surface area contributed by atoms with Crippen LogP contribution in [0.25, 0.3) is 0 Å². The van der Waals surface area contributed by atoms with E-state index in [0.717, 1.165) is 21.5 Å². The van der Waals surface area contributed by atoms with Crippen LogP contribution in [0.4, 0.5) is 0 Å². The number of H-pyrrole nitrogens is 2. The van der Waals surface area contributed by atoms with Gasteiger partial charge in [0.05, 0.1) is 11.6 Å². The minimum atomic E-state index is -0.145. The SMILES string of the molecule is COc1ccc(Cc2c(C)[nH]c(=S)[nH]c2=O)cc1Br. The van der Waals surface area contributed by atoms with Crippen molar-refractivity contribution < 1.29 is 4.74 Å². The van der Waals surface area contributed by atoms with Crippen LogP contribution in [-0.4, -0.2) is 17.1 Å². The topological polar surface area (TPSA) is 57.9 Å². The van der Waals surface area contributed by atoms with E-state index in [9.17, 15) is 4.79 Å². The van der Waals surface area contributed by atoms with Gasteiger partial charge in [0.1, 0.15) is 5.75 Å². The molecule has 2 rings (SSSR count). The predicted octanol–water partition coefficient (Wildman–Crippen LogP) is 3.10. The third kappa shape index (κ3) is 3.13. The van der Waals surface area contributed by atoms with Crippen molar-refractivity contribution in [2.45, 2.75) is 13.3 Å². The average molecular weight is 341 g/mol. The summed E-state index contributed by atoms with van der Waals surface area (Å²) >= 11 is 8.36. The van der Waals surface area contributed by atoms with E-state index in [0.29, 0.717) is 16.8 Å². The minimum Gasteiger partial charge on any atom is -0.496 e. The first kappa shape index (κ1) is 14.0. The Hall–Kier alpha value is -1.40. The first-order valence-electron chi connectivity index (χ1n) is 5.65. The first-order valence-corrected chi connectivity index (χ1v) is 6.86. The zero-order chi connectivity index (χ0) is 14.0. The fourth-order valence-corrected chi connectivity index (χ4v) is 2.70. The number of benzene rings is 1. The maximum Gasteiger partial charge on any atom is 0.255 e. The summed E-state index contributed by atoms with van der Waals surface area (Å²) in [5.74, 6) is 0.766. The van der Waals surface area contributed by atoms with Crippen LogP contribution in [0.1, 0.15) is 16.8 Å². The second-order valence-corrected chi connectivity index (χ2v) is 5.42. The molecule has 0 radical (unpaired) electrons. The van der Waals surface area contributed by atoms with Crippen molar-refractivity contribution >= 4 is 28.1 Å². The van der Waals surface area contributed by atoms with Gasteiger partial charge in [-0.2, -0.15) is 0 Å². The van der Waals surface area contributed by atoms with Gasteiger partial charge in [-0.05, 0) is 52.8 Å². The lowest BCUT2D eigenvalue weighted by Crippen LogP contribution is -2.16. The predicted molar refractivity (Wildman–Crippen MR) is 80.5 cm³/mol. The Morgan fingerprint density at radius 1 is 1.37 bits per heavy atom. The molecule has 6 heteroatoms. The summed E-state index contributed by atoms with van der Waals surface area (Å²) in [5, 5.41) is 0. The first-order chi connectivity index (χ1) is 9.01. The van der Waals surface area contributed by atoms with Gasteiger partial charge in [-0.15, -0.1) is 0 Å². The maximum absolute atomic E-state index is 11.9. The quantitative estimate of drug-likeness (QED) is 0.844. The van der Waals surface area contributed by atoms with Crippen LogP contribution in [-0.2, 0) is 6.42 Å². The Morgan fingerprint density at radius 2 is 2.11 bits per heavy atom. The number of aryl methyl sites for hydroxylation is 1. The van der Waals surface area contributed by atoms with E-state index in [1.807, 2.05) is 25.1 Å². The van der Waals surface area contributed by atoms with Gasteiger partial charge in [0, 0.05) is 17.7 Å². The van der Waals surface area contributed by atoms with Crippen LogP contribution in [0, 0.1) is 11.7 Å². The lowest BCUT2D eigenvalue weighted by molar-refractivity contribution is 0.412. The number of hydrogen-bond acceptors (Lipinski definition) is 3. The molecule has 0 fully saturated rings. The van der Waals surface area contributed by atoms with Crippen LogP contribution < -0.4 is 10.3 Å². The average Bonchev–Trinajstić information content (AvgIpc) is 2.34. The largest absolute Gasteiger partial charge is 0.496 e. The molecule has 0 aliphatic heterocycles. The van der Waals surface area contributed by atoms with Crippen LogP contribution in [0.2, 0.25) is 0 Å². The van der Waals surface area contributed by atoms with Gasteiger partial charge >= 0.3 is 0 Å². The summed E-state index contributed by atoms with van der Waals surface area (Å²) in [6.45, 7) is 1.85. The molecule has 0 aliphatic rings. The van der Waals surface area contributed by atoms with Gasteiger partial charge in [-0.3, -0.25) is 9.78 Å². The summed E-state index contributed by atoms with van der Waals surface area (Å²) in [7, 11) is 1.62. The molecule has 1 heterocycles. The van der Waals surface area contributed by atoms with Crippen LogP contribution in [0.3, 0.4) is 0 Å². The van der Waals surface area contributed by atoms with Crippen molar-refractivity contribution in [1.82, 2.24) is 9.97 Å². The summed E-state index contributed by atoms with van der Waals surface area (Å²) in [6, 6.07) is 5.75. The molecule has 100 valence electrons. The Bertz CT molecular complexity index is 721. The molecule has 0 saturated carbocycles. The number of nitrogens with one attached hydrogen (secondary N) is 2. The molecule has 0 unspecified atom stereocenters. The molecule has 0 aliphatic carbocycles. The zero-order valence-corrected chi connectivity index (χ0v) is 12.9. The van der Waals surface area contributed by atoms with Crippen molar-refractivity contribution in [2.75, 3.05) is 7.11 Å². The fourth-order valence-electron chi connectivity index (χ4n) is 1.86. The molecule has 2 N–H and O–H groups in total. The second-order valence-electron chi connectivity index (χ2n) is 4.16. The molecule has 0 spiro atoms. The third-order valence-electron chi connectivity index (χ3n) is 2.85. The number of hydrogen-bond donors (Lipinski definition) is 2. The monoisotopic (exact) mass is 340 g/mol. The van der Waals surface area contributed by atoms with Gasteiger partial charge in [0.15, 0.2) is 4.77 Å². The van der Waals surface area contributed by atoms with Crippen molar-refractivity contribution in [2.24, 2.45) is 0 Å². The van der Waals surface area contributed by atoms with E-state index in [-0.39, 0.29) is 5.56 Å². The molecule has 2 aromatic rings. The fraction of sp³-hybridized carbons (Fsp3) is 0.231. The number of aromatic amines is 2. The van der Waals surface area contributed by atoms with E-state index < -0.39 is 0 Å². The maximum atomic E-state index is 11.9. The van der Waals surface area contributed by atoms with Crippen molar-refractivity contribution in [3.05, 3.63) is 54.6 Å². The molecule has 0 amide bonds. The Labute approximate surface area is 124 Å². The molecular weight excluding hydrogens is 328 g/mol. The Morgan fingerprint density at radius 3 is 2.68 bits per heavy atom. The van der Waals surface area contributed by atoms with Gasteiger partial charge in [-0.1, -0.05) is 6.07 Å². The van der Waals surface area contributed by atoms with Crippen LogP contribution in [0.15, 0.2) is 27.5 Å². The minimum absolute atomic E-state index is 0.145. The Kier molecular flexibility index (Phi) is 4.21. The number of halogens is 1. The van der Waals surface area contributed by atoms with Gasteiger partial charge in [-0.25, -0.2) is 0 Å². The molecule has 0 bridgehead atoms. The standard InChI is InChI=1S/C13H13BrN2O2S/c1-7-9(12(17)16-13(19)15-7)5-8-3-4-11(18-2)10(14)6-8/h3-4,6H,5H2,1-2H3,(H2,15,16,17,19). The molecule has 1 aromatic heterocycles. The third-order valence-corrected chi connectivity index (χ3v) is 3.68. The van der Waals surface area contributed by atoms with Gasteiger partial charge in [0.2, 0.25) is 0 Å². The normalized spacial score (nSPS) is 10.5. The number of methoxy groups -OCH3 is 1. The Balaban J connectivity index is 2.39. The highest BCUT2D eigenvalue weighted by Gasteiger charge is 2.08. The smallest absolute Gasteiger partial charge is 0.255 e. The van der Waals surface area contributed by atoms with E-state index in [1.54, 1.807) is 7.11 Å². The van der Waals surface area contributed by atoms with Crippen LogP contribution >= 0.6 is 28.1 Å². The zero-order valence-electron chi connectivity index (χ0n) is 10.5. The van der Waals surface area contributed by atoms with Gasteiger partial charge in [0.25, 0.3) is 5.56 Å².